The fourth-order valence-corrected chi connectivity index (χ4v) is 3.83. The average Bonchev–Trinajstić information content (AvgIpc) is 3.26. The molecule has 0 saturated heterocycles. The number of ketones is 2. The first-order valence-electron chi connectivity index (χ1n) is 11.4. The first kappa shape index (κ1) is 23.5. The van der Waals surface area contributed by atoms with E-state index in [1.54, 1.807) is 6.20 Å². The summed E-state index contributed by atoms with van der Waals surface area (Å²) in [6, 6.07) is 13.4. The van der Waals surface area contributed by atoms with Gasteiger partial charge in [0, 0.05) is 34.6 Å². The third-order valence-corrected chi connectivity index (χ3v) is 5.75. The molecule has 1 aromatic heterocycles. The van der Waals surface area contributed by atoms with Crippen LogP contribution in [-0.2, 0) is 22.4 Å². The van der Waals surface area contributed by atoms with Crippen LogP contribution in [0.3, 0.4) is 0 Å². The minimum absolute atomic E-state index is 0.0434. The molecule has 0 spiro atoms. The zero-order chi connectivity index (χ0) is 22.9. The number of rotatable bonds is 12. The van der Waals surface area contributed by atoms with Crippen LogP contribution in [0.25, 0.3) is 10.9 Å². The van der Waals surface area contributed by atoms with E-state index in [0.717, 1.165) is 35.7 Å². The maximum absolute atomic E-state index is 12.5. The van der Waals surface area contributed by atoms with Gasteiger partial charge in [-0.2, -0.15) is 0 Å². The van der Waals surface area contributed by atoms with E-state index in [9.17, 15) is 14.4 Å². The number of para-hydroxylation sites is 1. The van der Waals surface area contributed by atoms with Crippen molar-refractivity contribution in [3.8, 4) is 0 Å². The van der Waals surface area contributed by atoms with Crippen LogP contribution in [0.1, 0.15) is 77.8 Å². The van der Waals surface area contributed by atoms with Gasteiger partial charge in [-0.05, 0) is 30.4 Å². The molecule has 168 valence electrons. The third kappa shape index (κ3) is 5.94. The smallest absolute Gasteiger partial charge is 0.306 e. The summed E-state index contributed by atoms with van der Waals surface area (Å²) >= 11 is 0. The Morgan fingerprint density at radius 1 is 0.906 bits per heavy atom. The minimum atomic E-state index is -0.544. The predicted octanol–water partition coefficient (Wildman–Crippen LogP) is 5.85. The van der Waals surface area contributed by atoms with Crippen LogP contribution < -0.4 is 0 Å². The monoisotopic (exact) mass is 433 g/mol. The van der Waals surface area contributed by atoms with Gasteiger partial charge in [0.1, 0.15) is 0 Å². The number of fused-ring (bicyclic) bond motifs is 1. The normalized spacial score (nSPS) is 10.9. The number of hydrogen-bond donors (Lipinski definition) is 1. The second-order valence-electron chi connectivity index (χ2n) is 8.06. The second kappa shape index (κ2) is 11.4. The van der Waals surface area contributed by atoms with Crippen LogP contribution in [-0.4, -0.2) is 29.1 Å². The number of aromatic nitrogens is 1. The summed E-state index contributed by atoms with van der Waals surface area (Å²) in [5, 5.41) is 0.832. The van der Waals surface area contributed by atoms with E-state index < -0.39 is 5.97 Å². The number of nitrogens with one attached hydrogen (secondary N) is 1. The van der Waals surface area contributed by atoms with Gasteiger partial charge in [0.2, 0.25) is 5.78 Å². The summed E-state index contributed by atoms with van der Waals surface area (Å²) in [5.74, 6) is -0.906. The molecule has 3 rings (SSSR count). The summed E-state index contributed by atoms with van der Waals surface area (Å²) in [6.07, 6.45) is 7.08. The molecule has 5 nitrogen and oxygen atoms in total. The summed E-state index contributed by atoms with van der Waals surface area (Å²) in [5.41, 5.74) is 4.39. The van der Waals surface area contributed by atoms with Crippen LogP contribution in [0.2, 0.25) is 0 Å². The Bertz CT molecular complexity index is 1080. The second-order valence-corrected chi connectivity index (χ2v) is 8.06. The Morgan fingerprint density at radius 2 is 1.69 bits per heavy atom. The van der Waals surface area contributed by atoms with Gasteiger partial charge in [0.15, 0.2) is 12.4 Å². The summed E-state index contributed by atoms with van der Waals surface area (Å²) in [6.45, 7) is 3.90. The molecule has 0 unspecified atom stereocenters. The summed E-state index contributed by atoms with van der Waals surface area (Å²) < 4.78 is 5.14. The fourth-order valence-electron chi connectivity index (χ4n) is 3.83. The first-order valence-corrected chi connectivity index (χ1v) is 11.4. The van der Waals surface area contributed by atoms with Crippen molar-refractivity contribution in [2.24, 2.45) is 0 Å². The maximum atomic E-state index is 12.5. The lowest BCUT2D eigenvalue weighted by molar-refractivity contribution is -0.142. The van der Waals surface area contributed by atoms with E-state index in [-0.39, 0.29) is 31.0 Å². The third-order valence-electron chi connectivity index (χ3n) is 5.75. The number of Topliss-reactive ketones (excluding diaryl/α,β-unsaturated/α-hetero) is 2. The van der Waals surface area contributed by atoms with E-state index in [4.69, 9.17) is 4.74 Å². The molecule has 1 heterocycles. The molecule has 5 heteroatoms. The molecule has 3 aromatic rings. The van der Waals surface area contributed by atoms with Gasteiger partial charge in [0.05, 0.1) is 6.42 Å². The van der Waals surface area contributed by atoms with Crippen LogP contribution in [0.15, 0.2) is 48.7 Å². The number of esters is 1. The Morgan fingerprint density at radius 3 is 2.41 bits per heavy atom. The van der Waals surface area contributed by atoms with Crippen molar-refractivity contribution in [2.45, 2.75) is 58.8 Å². The molecule has 0 aliphatic carbocycles. The Hall–Kier alpha value is -3.21. The van der Waals surface area contributed by atoms with Crippen molar-refractivity contribution in [3.63, 3.8) is 0 Å². The SMILES string of the molecule is CCCCCc1ccc(C(=O)CCC(=O)OCC(=O)c2c[nH]c3c(CC)cccc23)cc1. The summed E-state index contributed by atoms with van der Waals surface area (Å²) in [7, 11) is 0. The quantitative estimate of drug-likeness (QED) is 0.221. The number of ether oxygens (including phenoxy) is 1. The van der Waals surface area contributed by atoms with Gasteiger partial charge >= 0.3 is 5.97 Å². The van der Waals surface area contributed by atoms with E-state index in [1.807, 2.05) is 42.5 Å². The molecular weight excluding hydrogens is 402 g/mol. The fraction of sp³-hybridized carbons (Fsp3) is 0.370. The Balaban J connectivity index is 1.47. The van der Waals surface area contributed by atoms with Crippen molar-refractivity contribution in [2.75, 3.05) is 6.61 Å². The van der Waals surface area contributed by atoms with E-state index >= 15 is 0 Å². The average molecular weight is 434 g/mol. The zero-order valence-electron chi connectivity index (χ0n) is 18.9. The first-order chi connectivity index (χ1) is 15.5. The molecule has 2 aromatic carbocycles. The number of carbonyl (C=O) groups excluding carboxylic acids is 3. The molecule has 32 heavy (non-hydrogen) atoms. The van der Waals surface area contributed by atoms with Crippen molar-refractivity contribution in [1.29, 1.82) is 0 Å². The molecule has 0 saturated carbocycles. The Labute approximate surface area is 189 Å². The highest BCUT2D eigenvalue weighted by Crippen LogP contribution is 2.22. The lowest BCUT2D eigenvalue weighted by Crippen LogP contribution is -2.15. The zero-order valence-corrected chi connectivity index (χ0v) is 18.9. The molecule has 0 aliphatic heterocycles. The topological polar surface area (TPSA) is 76.2 Å². The Kier molecular flexibility index (Phi) is 8.37. The number of H-pyrrole nitrogens is 1. The van der Waals surface area contributed by atoms with Crippen LogP contribution in [0.5, 0.6) is 0 Å². The van der Waals surface area contributed by atoms with Crippen LogP contribution in [0.4, 0.5) is 0 Å². The molecule has 0 radical (unpaired) electrons. The van der Waals surface area contributed by atoms with E-state index in [1.165, 1.54) is 18.4 Å². The van der Waals surface area contributed by atoms with Crippen molar-refractivity contribution >= 4 is 28.4 Å². The minimum Gasteiger partial charge on any atom is -0.457 e. The van der Waals surface area contributed by atoms with Gasteiger partial charge < -0.3 is 9.72 Å². The number of unbranched alkanes of at least 4 members (excludes halogenated alkanes) is 2. The van der Waals surface area contributed by atoms with E-state index in [0.29, 0.717) is 11.1 Å². The number of benzene rings is 2. The molecule has 0 amide bonds. The lowest BCUT2D eigenvalue weighted by atomic mass is 10.0. The van der Waals surface area contributed by atoms with Gasteiger partial charge in [-0.3, -0.25) is 14.4 Å². The summed E-state index contributed by atoms with van der Waals surface area (Å²) in [4.78, 5) is 40.1. The molecule has 0 aliphatic rings. The van der Waals surface area contributed by atoms with Crippen molar-refractivity contribution in [1.82, 2.24) is 4.98 Å². The highest BCUT2D eigenvalue weighted by Gasteiger charge is 2.16. The van der Waals surface area contributed by atoms with Crippen molar-refractivity contribution < 1.29 is 19.1 Å². The largest absolute Gasteiger partial charge is 0.457 e. The molecule has 0 bridgehead atoms. The predicted molar refractivity (Wildman–Crippen MR) is 126 cm³/mol. The van der Waals surface area contributed by atoms with Gasteiger partial charge in [-0.1, -0.05) is 69.2 Å². The maximum Gasteiger partial charge on any atom is 0.306 e. The van der Waals surface area contributed by atoms with Gasteiger partial charge in [0.25, 0.3) is 0 Å². The number of hydrogen-bond acceptors (Lipinski definition) is 4. The lowest BCUT2D eigenvalue weighted by Gasteiger charge is -2.05. The van der Waals surface area contributed by atoms with Crippen LogP contribution >= 0.6 is 0 Å². The van der Waals surface area contributed by atoms with E-state index in [2.05, 4.69) is 18.8 Å². The number of aryl methyl sites for hydroxylation is 2. The number of carbonyl (C=O) groups is 3. The molecular formula is C27H31NO4. The number of aromatic amines is 1. The van der Waals surface area contributed by atoms with Gasteiger partial charge in [-0.25, -0.2) is 0 Å². The highest BCUT2D eigenvalue weighted by atomic mass is 16.5. The molecule has 0 atom stereocenters. The van der Waals surface area contributed by atoms with Crippen LogP contribution in [0, 0.1) is 0 Å². The van der Waals surface area contributed by atoms with Crippen molar-refractivity contribution in [3.05, 3.63) is 70.9 Å². The highest BCUT2D eigenvalue weighted by molar-refractivity contribution is 6.09. The van der Waals surface area contributed by atoms with Gasteiger partial charge in [-0.15, -0.1) is 0 Å². The molecule has 1 N–H and O–H groups in total. The standard InChI is InChI=1S/C27H31NO4/c1-3-5-6-8-19-11-13-21(14-12-19)24(29)15-16-26(31)32-18-25(30)23-17-28-27-20(4-2)9-7-10-22(23)27/h7,9-14,17,28H,3-6,8,15-16,18H2,1-2H3. The molecule has 0 fully saturated rings.